The molecule has 0 saturated heterocycles. The van der Waals surface area contributed by atoms with Crippen molar-refractivity contribution in [2.45, 2.75) is 78.2 Å². The van der Waals surface area contributed by atoms with Gasteiger partial charge in [-0.05, 0) is 57.1 Å². The molecule has 1 N–H and O–H groups in total. The zero-order valence-electron chi connectivity index (χ0n) is 14.2. The van der Waals surface area contributed by atoms with Crippen LogP contribution in [0.1, 0.15) is 76.2 Å². The average Bonchev–Trinajstić information content (AvgIpc) is 2.70. The van der Waals surface area contributed by atoms with Gasteiger partial charge in [-0.1, -0.05) is 27.2 Å². The van der Waals surface area contributed by atoms with Crippen LogP contribution in [0.2, 0.25) is 0 Å². The molecule has 3 heteroatoms. The second-order valence-electron chi connectivity index (χ2n) is 6.76. The third-order valence-corrected chi connectivity index (χ3v) is 4.70. The maximum absolute atomic E-state index is 4.73. The maximum atomic E-state index is 4.73. The smallest absolute Gasteiger partial charge is 0.115 e. The molecule has 1 aliphatic carbocycles. The van der Waals surface area contributed by atoms with Crippen molar-refractivity contribution in [3.8, 4) is 0 Å². The van der Waals surface area contributed by atoms with Crippen molar-refractivity contribution in [1.82, 2.24) is 15.3 Å². The van der Waals surface area contributed by atoms with Crippen LogP contribution in [0.4, 0.5) is 0 Å². The number of nitrogens with one attached hydrogen (secondary N) is 1. The summed E-state index contributed by atoms with van der Waals surface area (Å²) in [7, 11) is 0. The van der Waals surface area contributed by atoms with E-state index in [0.717, 1.165) is 19.4 Å². The topological polar surface area (TPSA) is 37.8 Å². The van der Waals surface area contributed by atoms with Crippen LogP contribution in [-0.2, 0) is 12.8 Å². The minimum Gasteiger partial charge on any atom is -0.314 e. The monoisotopic (exact) mass is 289 g/mol. The fourth-order valence-electron chi connectivity index (χ4n) is 3.64. The maximum Gasteiger partial charge on any atom is 0.115 e. The highest BCUT2D eigenvalue weighted by Crippen LogP contribution is 2.32. The summed E-state index contributed by atoms with van der Waals surface area (Å²) in [5, 5.41) is 3.67. The summed E-state index contributed by atoms with van der Waals surface area (Å²) in [6, 6.07) is 0.465. The van der Waals surface area contributed by atoms with Crippen molar-refractivity contribution >= 4 is 0 Å². The van der Waals surface area contributed by atoms with Crippen molar-refractivity contribution in [2.75, 3.05) is 6.54 Å². The molecule has 0 aromatic carbocycles. The lowest BCUT2D eigenvalue weighted by atomic mass is 9.83. The molecular weight excluding hydrogens is 258 g/mol. The molecular formula is C18H31N3. The van der Waals surface area contributed by atoms with E-state index in [9.17, 15) is 0 Å². The third kappa shape index (κ3) is 4.03. The fourth-order valence-corrected chi connectivity index (χ4v) is 3.64. The van der Waals surface area contributed by atoms with Gasteiger partial charge in [0, 0.05) is 17.7 Å². The Balaban J connectivity index is 2.32. The van der Waals surface area contributed by atoms with E-state index >= 15 is 0 Å². The Morgan fingerprint density at radius 2 is 1.86 bits per heavy atom. The molecule has 1 aromatic rings. The summed E-state index contributed by atoms with van der Waals surface area (Å²) in [4.78, 5) is 9.30. The Bertz CT molecular complexity index is 442. The summed E-state index contributed by atoms with van der Waals surface area (Å²) < 4.78 is 0. The van der Waals surface area contributed by atoms with Gasteiger partial charge in [0.05, 0.1) is 5.69 Å². The van der Waals surface area contributed by atoms with Crippen LogP contribution >= 0.6 is 0 Å². The van der Waals surface area contributed by atoms with E-state index in [2.05, 4.69) is 38.0 Å². The van der Waals surface area contributed by atoms with Gasteiger partial charge in [-0.2, -0.15) is 0 Å². The van der Waals surface area contributed by atoms with Gasteiger partial charge in [-0.25, -0.2) is 9.97 Å². The van der Waals surface area contributed by atoms with Crippen LogP contribution < -0.4 is 5.32 Å². The first-order chi connectivity index (χ1) is 10.1. The largest absolute Gasteiger partial charge is 0.314 e. The zero-order chi connectivity index (χ0) is 15.2. The summed E-state index contributed by atoms with van der Waals surface area (Å²) >= 11 is 0. The van der Waals surface area contributed by atoms with Gasteiger partial charge < -0.3 is 5.32 Å². The predicted octanol–water partition coefficient (Wildman–Crippen LogP) is 3.87. The van der Waals surface area contributed by atoms with Crippen molar-refractivity contribution in [3.63, 3.8) is 0 Å². The van der Waals surface area contributed by atoms with E-state index in [1.54, 1.807) is 6.33 Å². The number of hydrogen-bond acceptors (Lipinski definition) is 3. The van der Waals surface area contributed by atoms with E-state index in [-0.39, 0.29) is 0 Å². The highest BCUT2D eigenvalue weighted by Gasteiger charge is 2.27. The van der Waals surface area contributed by atoms with Gasteiger partial charge in [0.1, 0.15) is 6.33 Å². The molecule has 0 saturated carbocycles. The molecule has 0 amide bonds. The molecule has 2 unspecified atom stereocenters. The lowest BCUT2D eigenvalue weighted by Crippen LogP contribution is -2.36. The molecule has 2 rings (SSSR count). The van der Waals surface area contributed by atoms with Crippen LogP contribution in [0, 0.1) is 5.92 Å². The van der Waals surface area contributed by atoms with Gasteiger partial charge in [0.25, 0.3) is 0 Å². The van der Waals surface area contributed by atoms with Crippen LogP contribution in [0.15, 0.2) is 6.33 Å². The molecule has 0 aliphatic heterocycles. The third-order valence-electron chi connectivity index (χ3n) is 4.70. The molecule has 0 radical (unpaired) electrons. The molecule has 21 heavy (non-hydrogen) atoms. The SMILES string of the molecule is CCCNC(C)C(c1ncnc2c1CCCCC2)C(C)C. The lowest BCUT2D eigenvalue weighted by molar-refractivity contribution is 0.368. The summed E-state index contributed by atoms with van der Waals surface area (Å²) in [6.45, 7) is 10.3. The van der Waals surface area contributed by atoms with Crippen molar-refractivity contribution in [3.05, 3.63) is 23.3 Å². The van der Waals surface area contributed by atoms with Crippen LogP contribution in [-0.4, -0.2) is 22.6 Å². The standard InChI is InChI=1S/C18H31N3/c1-5-11-19-14(4)17(13(2)3)18-15-9-7-6-8-10-16(15)20-12-21-18/h12-14,17,19H,5-11H2,1-4H3. The Morgan fingerprint density at radius 1 is 1.10 bits per heavy atom. The minimum atomic E-state index is 0.465. The molecule has 118 valence electrons. The van der Waals surface area contributed by atoms with Crippen LogP contribution in [0.25, 0.3) is 0 Å². The van der Waals surface area contributed by atoms with Gasteiger partial charge in [-0.15, -0.1) is 0 Å². The second-order valence-corrected chi connectivity index (χ2v) is 6.76. The number of fused-ring (bicyclic) bond motifs is 1. The van der Waals surface area contributed by atoms with E-state index in [1.807, 2.05) is 0 Å². The van der Waals surface area contributed by atoms with E-state index in [4.69, 9.17) is 4.98 Å². The summed E-state index contributed by atoms with van der Waals surface area (Å²) in [5.41, 5.74) is 4.08. The summed E-state index contributed by atoms with van der Waals surface area (Å²) in [5.74, 6) is 1.07. The molecule has 3 nitrogen and oxygen atoms in total. The van der Waals surface area contributed by atoms with Gasteiger partial charge >= 0.3 is 0 Å². The molecule has 2 atom stereocenters. The molecule has 1 aliphatic rings. The number of aryl methyl sites for hydroxylation is 1. The molecule has 0 bridgehead atoms. The Kier molecular flexibility index (Phi) is 6.16. The molecule has 0 fully saturated rings. The normalized spacial score (nSPS) is 18.1. The number of aromatic nitrogens is 2. The van der Waals surface area contributed by atoms with Crippen molar-refractivity contribution in [2.24, 2.45) is 5.92 Å². The van der Waals surface area contributed by atoms with Crippen LogP contribution in [0.5, 0.6) is 0 Å². The zero-order valence-corrected chi connectivity index (χ0v) is 14.2. The summed E-state index contributed by atoms with van der Waals surface area (Å²) in [6.07, 6.45) is 9.15. The fraction of sp³-hybridized carbons (Fsp3) is 0.778. The Morgan fingerprint density at radius 3 is 2.57 bits per heavy atom. The van der Waals surface area contributed by atoms with Crippen LogP contribution in [0.3, 0.4) is 0 Å². The number of hydrogen-bond donors (Lipinski definition) is 1. The lowest BCUT2D eigenvalue weighted by Gasteiger charge is -2.30. The van der Waals surface area contributed by atoms with Gasteiger partial charge in [0.2, 0.25) is 0 Å². The number of rotatable bonds is 6. The first-order valence-corrected chi connectivity index (χ1v) is 8.71. The van der Waals surface area contributed by atoms with E-state index in [0.29, 0.717) is 17.9 Å². The van der Waals surface area contributed by atoms with Crippen molar-refractivity contribution < 1.29 is 0 Å². The number of nitrogens with zero attached hydrogens (tertiary/aromatic N) is 2. The van der Waals surface area contributed by atoms with Crippen molar-refractivity contribution in [1.29, 1.82) is 0 Å². The van der Waals surface area contributed by atoms with E-state index in [1.165, 1.54) is 42.6 Å². The van der Waals surface area contributed by atoms with Gasteiger partial charge in [0.15, 0.2) is 0 Å². The second kappa shape index (κ2) is 7.88. The highest BCUT2D eigenvalue weighted by atomic mass is 14.9. The molecule has 0 spiro atoms. The van der Waals surface area contributed by atoms with E-state index < -0.39 is 0 Å². The minimum absolute atomic E-state index is 0.465. The predicted molar refractivity (Wildman–Crippen MR) is 88.6 cm³/mol. The molecule has 1 heterocycles. The Hall–Kier alpha value is -0.960. The quantitative estimate of drug-likeness (QED) is 0.808. The first kappa shape index (κ1) is 16.4. The van der Waals surface area contributed by atoms with Gasteiger partial charge in [-0.3, -0.25) is 0 Å². The Labute approximate surface area is 130 Å². The molecule has 1 aromatic heterocycles. The average molecular weight is 289 g/mol. The highest BCUT2D eigenvalue weighted by molar-refractivity contribution is 5.30. The first-order valence-electron chi connectivity index (χ1n) is 8.71.